The number of fused-ring (bicyclic) bond motifs is 1. The van der Waals surface area contributed by atoms with Crippen LogP contribution in [0.2, 0.25) is 0 Å². The number of benzene rings is 1. The van der Waals surface area contributed by atoms with Gasteiger partial charge < -0.3 is 19.1 Å². The van der Waals surface area contributed by atoms with Crippen LogP contribution < -0.4 is 14.2 Å². The Morgan fingerprint density at radius 2 is 1.96 bits per heavy atom. The highest BCUT2D eigenvalue weighted by atomic mass is 16.5. The van der Waals surface area contributed by atoms with Gasteiger partial charge in [0.15, 0.2) is 17.3 Å². The van der Waals surface area contributed by atoms with E-state index in [2.05, 4.69) is 0 Å². The predicted molar refractivity (Wildman–Crippen MR) is 92.5 cm³/mol. The molecule has 3 rings (SSSR count). The number of amides is 1. The lowest BCUT2D eigenvalue weighted by molar-refractivity contribution is -0.129. The van der Waals surface area contributed by atoms with Crippen LogP contribution in [0.25, 0.3) is 0 Å². The molecule has 0 radical (unpaired) electrons. The lowest BCUT2D eigenvalue weighted by Gasteiger charge is -2.44. The number of allylic oxidation sites excluding steroid dienone is 1. The van der Waals surface area contributed by atoms with Gasteiger partial charge in [-0.05, 0) is 25.1 Å². The number of carbonyl (C=O) groups is 2. The van der Waals surface area contributed by atoms with Crippen LogP contribution in [0, 0.1) is 0 Å². The van der Waals surface area contributed by atoms with Crippen molar-refractivity contribution in [1.82, 2.24) is 4.90 Å². The second-order valence-corrected chi connectivity index (χ2v) is 6.39. The molecule has 0 aliphatic carbocycles. The summed E-state index contributed by atoms with van der Waals surface area (Å²) in [7, 11) is 3.08. The SMILES string of the molecule is C/C=C/C(=O)N1CCC2(CC1)CC(=O)c1ccc(OC)c(OC)c1O2. The maximum Gasteiger partial charge on any atom is 0.246 e. The summed E-state index contributed by atoms with van der Waals surface area (Å²) in [5, 5.41) is 0. The Balaban J connectivity index is 1.86. The standard InChI is InChI=1S/C19H23NO5/c1-4-5-16(22)20-10-8-19(9-11-20)12-14(21)13-6-7-15(23-2)18(24-3)17(13)25-19/h4-7H,8-12H2,1-3H3/b5-4+. The van der Waals surface area contributed by atoms with E-state index in [1.54, 1.807) is 36.3 Å². The van der Waals surface area contributed by atoms with Gasteiger partial charge in [-0.3, -0.25) is 9.59 Å². The second-order valence-electron chi connectivity index (χ2n) is 6.39. The van der Waals surface area contributed by atoms with Crippen molar-refractivity contribution in [1.29, 1.82) is 0 Å². The van der Waals surface area contributed by atoms with E-state index < -0.39 is 5.60 Å². The van der Waals surface area contributed by atoms with Crippen LogP contribution in [0.5, 0.6) is 17.2 Å². The normalized spacial score (nSPS) is 18.8. The molecular weight excluding hydrogens is 322 g/mol. The van der Waals surface area contributed by atoms with Gasteiger partial charge in [0.05, 0.1) is 26.2 Å². The van der Waals surface area contributed by atoms with Crippen molar-refractivity contribution >= 4 is 11.7 Å². The van der Waals surface area contributed by atoms with Crippen molar-refractivity contribution in [2.75, 3.05) is 27.3 Å². The summed E-state index contributed by atoms with van der Waals surface area (Å²) in [6, 6.07) is 3.44. The van der Waals surface area contributed by atoms with Gasteiger partial charge in [0.1, 0.15) is 5.60 Å². The molecule has 1 fully saturated rings. The molecule has 2 heterocycles. The largest absolute Gasteiger partial charge is 0.493 e. The van der Waals surface area contributed by atoms with Gasteiger partial charge >= 0.3 is 0 Å². The Morgan fingerprint density at radius 1 is 1.24 bits per heavy atom. The minimum absolute atomic E-state index is 0.000800. The highest BCUT2D eigenvalue weighted by Gasteiger charge is 2.44. The first-order chi connectivity index (χ1) is 12.0. The molecule has 0 atom stereocenters. The number of hydrogen-bond donors (Lipinski definition) is 0. The average Bonchev–Trinajstić information content (AvgIpc) is 2.61. The second kappa shape index (κ2) is 6.78. The summed E-state index contributed by atoms with van der Waals surface area (Å²) in [6.07, 6.45) is 4.85. The topological polar surface area (TPSA) is 65.1 Å². The molecule has 0 saturated carbocycles. The highest BCUT2D eigenvalue weighted by molar-refractivity contribution is 6.01. The van der Waals surface area contributed by atoms with Crippen LogP contribution in [0.4, 0.5) is 0 Å². The van der Waals surface area contributed by atoms with E-state index in [9.17, 15) is 9.59 Å². The first kappa shape index (κ1) is 17.3. The fraction of sp³-hybridized carbons (Fsp3) is 0.474. The molecule has 1 aromatic rings. The van der Waals surface area contributed by atoms with Crippen LogP contribution in [0.15, 0.2) is 24.3 Å². The number of methoxy groups -OCH3 is 2. The summed E-state index contributed by atoms with van der Waals surface area (Å²) < 4.78 is 17.0. The van der Waals surface area contributed by atoms with Crippen LogP contribution in [-0.2, 0) is 4.79 Å². The highest BCUT2D eigenvalue weighted by Crippen LogP contribution is 2.47. The van der Waals surface area contributed by atoms with Crippen molar-refractivity contribution in [2.45, 2.75) is 31.8 Å². The molecule has 1 saturated heterocycles. The Morgan fingerprint density at radius 3 is 2.56 bits per heavy atom. The van der Waals surface area contributed by atoms with E-state index in [0.29, 0.717) is 55.2 Å². The Kier molecular flexibility index (Phi) is 4.70. The number of ketones is 1. The van der Waals surface area contributed by atoms with Gasteiger partial charge in [-0.25, -0.2) is 0 Å². The summed E-state index contributed by atoms with van der Waals surface area (Å²) in [6.45, 7) is 2.96. The van der Waals surface area contributed by atoms with Crippen molar-refractivity contribution < 1.29 is 23.8 Å². The number of nitrogens with zero attached hydrogens (tertiary/aromatic N) is 1. The molecule has 134 valence electrons. The smallest absolute Gasteiger partial charge is 0.246 e. The molecule has 0 bridgehead atoms. The van der Waals surface area contributed by atoms with Crippen molar-refractivity contribution in [3.05, 3.63) is 29.8 Å². The minimum atomic E-state index is -0.587. The molecule has 0 N–H and O–H groups in total. The number of likely N-dealkylation sites (tertiary alicyclic amines) is 1. The fourth-order valence-electron chi connectivity index (χ4n) is 3.52. The zero-order valence-corrected chi connectivity index (χ0v) is 14.8. The Labute approximate surface area is 147 Å². The van der Waals surface area contributed by atoms with E-state index in [1.165, 1.54) is 7.11 Å². The number of carbonyl (C=O) groups excluding carboxylic acids is 2. The van der Waals surface area contributed by atoms with E-state index >= 15 is 0 Å². The minimum Gasteiger partial charge on any atom is -0.493 e. The molecule has 0 unspecified atom stereocenters. The van der Waals surface area contributed by atoms with Gasteiger partial charge in [0.25, 0.3) is 0 Å². The summed E-state index contributed by atoms with van der Waals surface area (Å²) >= 11 is 0. The Hall–Kier alpha value is -2.50. The lowest BCUT2D eigenvalue weighted by Crippen LogP contribution is -2.52. The first-order valence-electron chi connectivity index (χ1n) is 8.42. The first-order valence-corrected chi connectivity index (χ1v) is 8.42. The molecule has 0 aromatic heterocycles. The quantitative estimate of drug-likeness (QED) is 0.788. The summed E-state index contributed by atoms with van der Waals surface area (Å²) in [5.41, 5.74) is -0.0631. The predicted octanol–water partition coefficient (Wildman–Crippen LogP) is 2.61. The fourth-order valence-corrected chi connectivity index (χ4v) is 3.52. The number of piperidine rings is 1. The zero-order chi connectivity index (χ0) is 18.0. The van der Waals surface area contributed by atoms with Gasteiger partial charge in [0.2, 0.25) is 11.7 Å². The molecule has 2 aliphatic heterocycles. The van der Waals surface area contributed by atoms with Gasteiger partial charge in [-0.1, -0.05) is 6.08 Å². The van der Waals surface area contributed by atoms with Gasteiger partial charge in [-0.2, -0.15) is 0 Å². The third-order valence-corrected chi connectivity index (χ3v) is 4.90. The van der Waals surface area contributed by atoms with E-state index in [4.69, 9.17) is 14.2 Å². The van der Waals surface area contributed by atoms with E-state index in [0.717, 1.165) is 0 Å². The van der Waals surface area contributed by atoms with Crippen LogP contribution in [0.1, 0.15) is 36.5 Å². The van der Waals surface area contributed by atoms with Gasteiger partial charge in [0, 0.05) is 25.9 Å². The number of rotatable bonds is 3. The molecule has 1 amide bonds. The summed E-state index contributed by atoms with van der Waals surface area (Å²) in [5.74, 6) is 1.47. The number of ether oxygens (including phenoxy) is 3. The van der Waals surface area contributed by atoms with E-state index in [1.807, 2.05) is 6.92 Å². The van der Waals surface area contributed by atoms with Crippen LogP contribution in [0.3, 0.4) is 0 Å². The molecule has 6 heteroatoms. The molecule has 1 spiro atoms. The monoisotopic (exact) mass is 345 g/mol. The molecule has 6 nitrogen and oxygen atoms in total. The molecular formula is C19H23NO5. The number of Topliss-reactive ketones (excluding diaryl/α,β-unsaturated/α-hetero) is 1. The van der Waals surface area contributed by atoms with Crippen molar-refractivity contribution in [2.24, 2.45) is 0 Å². The van der Waals surface area contributed by atoms with E-state index in [-0.39, 0.29) is 11.7 Å². The van der Waals surface area contributed by atoms with Crippen LogP contribution in [-0.4, -0.2) is 49.5 Å². The molecule has 25 heavy (non-hydrogen) atoms. The molecule has 1 aromatic carbocycles. The molecule has 2 aliphatic rings. The average molecular weight is 345 g/mol. The zero-order valence-electron chi connectivity index (χ0n) is 14.8. The lowest BCUT2D eigenvalue weighted by atomic mass is 9.82. The van der Waals surface area contributed by atoms with Crippen molar-refractivity contribution in [3.63, 3.8) is 0 Å². The maximum absolute atomic E-state index is 12.7. The van der Waals surface area contributed by atoms with Crippen molar-refractivity contribution in [3.8, 4) is 17.2 Å². The maximum atomic E-state index is 12.7. The van der Waals surface area contributed by atoms with Gasteiger partial charge in [-0.15, -0.1) is 0 Å². The third kappa shape index (κ3) is 3.08. The third-order valence-electron chi connectivity index (χ3n) is 4.90. The number of hydrogen-bond acceptors (Lipinski definition) is 5. The van der Waals surface area contributed by atoms with Crippen LogP contribution >= 0.6 is 0 Å². The Bertz CT molecular complexity index is 717. The summed E-state index contributed by atoms with van der Waals surface area (Å²) in [4.78, 5) is 26.5.